The lowest BCUT2D eigenvalue weighted by atomic mass is 10.0. The van der Waals surface area contributed by atoms with Crippen LogP contribution in [0.25, 0.3) is 20.2 Å². The summed E-state index contributed by atoms with van der Waals surface area (Å²) in [5.74, 6) is -0.0694. The maximum atomic E-state index is 13.3. The van der Waals surface area contributed by atoms with Crippen LogP contribution in [-0.2, 0) is 9.84 Å². The van der Waals surface area contributed by atoms with E-state index < -0.39 is 9.84 Å². The first-order chi connectivity index (χ1) is 13.1. The molecule has 8 heteroatoms. The summed E-state index contributed by atoms with van der Waals surface area (Å²) in [6.07, 6.45) is 0. The fourth-order valence-electron chi connectivity index (χ4n) is 3.37. The lowest BCUT2D eigenvalue weighted by Crippen LogP contribution is -1.97. The standard InChI is InChI=1S/C20H16O4S4/c1-9-17-10(2)19(16-8-6-14(26-16)12(4)22)28(23,24)20(17)27-18(9)15-7-5-13(25-15)11(3)21/h5-8H,1-4H3. The van der Waals surface area contributed by atoms with Crippen LogP contribution in [0.15, 0.2) is 28.5 Å². The minimum Gasteiger partial charge on any atom is -0.294 e. The Morgan fingerprint density at radius 3 is 1.86 bits per heavy atom. The van der Waals surface area contributed by atoms with E-state index in [9.17, 15) is 18.0 Å². The molecule has 0 atom stereocenters. The molecule has 0 aromatic carbocycles. The first-order valence-electron chi connectivity index (χ1n) is 8.45. The van der Waals surface area contributed by atoms with E-state index in [1.165, 1.54) is 47.9 Å². The van der Waals surface area contributed by atoms with E-state index in [0.717, 1.165) is 26.5 Å². The number of allylic oxidation sites excluding steroid dienone is 1. The zero-order valence-electron chi connectivity index (χ0n) is 15.6. The Balaban J connectivity index is 1.89. The fraction of sp³-hybridized carbons (Fsp3) is 0.200. The van der Waals surface area contributed by atoms with Crippen molar-refractivity contribution in [2.45, 2.75) is 31.9 Å². The van der Waals surface area contributed by atoms with Crippen molar-refractivity contribution in [2.75, 3.05) is 0 Å². The van der Waals surface area contributed by atoms with Crippen molar-refractivity contribution in [3.63, 3.8) is 0 Å². The van der Waals surface area contributed by atoms with Crippen molar-refractivity contribution >= 4 is 65.9 Å². The van der Waals surface area contributed by atoms with E-state index in [-0.39, 0.29) is 11.6 Å². The van der Waals surface area contributed by atoms with Gasteiger partial charge in [-0.3, -0.25) is 9.59 Å². The molecule has 0 aliphatic carbocycles. The van der Waals surface area contributed by atoms with Gasteiger partial charge in [-0.2, -0.15) is 0 Å². The number of hydrogen-bond acceptors (Lipinski definition) is 7. The molecule has 0 saturated heterocycles. The van der Waals surface area contributed by atoms with Gasteiger partial charge in [0, 0.05) is 20.2 Å². The highest BCUT2D eigenvalue weighted by molar-refractivity contribution is 8.03. The molecule has 3 aromatic rings. The molecule has 28 heavy (non-hydrogen) atoms. The Labute approximate surface area is 175 Å². The summed E-state index contributed by atoms with van der Waals surface area (Å²) in [5.41, 5.74) is 2.39. The lowest BCUT2D eigenvalue weighted by Gasteiger charge is -2.04. The molecule has 1 aliphatic heterocycles. The Morgan fingerprint density at radius 1 is 0.821 bits per heavy atom. The van der Waals surface area contributed by atoms with Gasteiger partial charge in [-0.15, -0.1) is 34.0 Å². The van der Waals surface area contributed by atoms with Gasteiger partial charge < -0.3 is 0 Å². The topological polar surface area (TPSA) is 68.3 Å². The van der Waals surface area contributed by atoms with Gasteiger partial charge in [0.05, 0.1) is 14.7 Å². The van der Waals surface area contributed by atoms with Crippen LogP contribution >= 0.6 is 34.0 Å². The molecular weight excluding hydrogens is 432 g/mol. The molecule has 0 fully saturated rings. The van der Waals surface area contributed by atoms with Gasteiger partial charge in [-0.25, -0.2) is 8.42 Å². The molecule has 3 aromatic heterocycles. The molecule has 0 spiro atoms. The summed E-state index contributed by atoms with van der Waals surface area (Å²) in [5, 5.41) is 0. The molecule has 0 bridgehead atoms. The maximum Gasteiger partial charge on any atom is 0.218 e. The van der Waals surface area contributed by atoms with E-state index in [2.05, 4.69) is 0 Å². The monoisotopic (exact) mass is 448 g/mol. The van der Waals surface area contributed by atoms with Crippen molar-refractivity contribution in [1.29, 1.82) is 0 Å². The molecule has 0 saturated carbocycles. The quantitative estimate of drug-likeness (QED) is 0.464. The molecular formula is C20H16O4S4. The highest BCUT2D eigenvalue weighted by Crippen LogP contribution is 2.53. The van der Waals surface area contributed by atoms with Gasteiger partial charge in [-0.1, -0.05) is 0 Å². The summed E-state index contributed by atoms with van der Waals surface area (Å²) < 4.78 is 27.0. The van der Waals surface area contributed by atoms with Crippen molar-refractivity contribution in [3.05, 3.63) is 50.0 Å². The first-order valence-corrected chi connectivity index (χ1v) is 12.4. The SMILES string of the molecule is CC(=O)c1ccc(C2=C(C)c3c(sc(-c4ccc(C(C)=O)s4)c3C)S2(=O)=O)s1. The predicted octanol–water partition coefficient (Wildman–Crippen LogP) is 5.93. The van der Waals surface area contributed by atoms with Gasteiger partial charge in [-0.05, 0) is 63.1 Å². The van der Waals surface area contributed by atoms with Crippen LogP contribution < -0.4 is 0 Å². The second kappa shape index (κ2) is 6.59. The van der Waals surface area contributed by atoms with Crippen molar-refractivity contribution < 1.29 is 18.0 Å². The largest absolute Gasteiger partial charge is 0.294 e. The summed E-state index contributed by atoms with van der Waals surface area (Å²) in [4.78, 5) is 27.1. The summed E-state index contributed by atoms with van der Waals surface area (Å²) >= 11 is 3.85. The third kappa shape index (κ3) is 2.78. The van der Waals surface area contributed by atoms with Crippen LogP contribution in [0.5, 0.6) is 0 Å². The number of thiophene rings is 3. The third-order valence-corrected chi connectivity index (χ3v) is 11.1. The highest BCUT2D eigenvalue weighted by Gasteiger charge is 2.39. The molecule has 144 valence electrons. The van der Waals surface area contributed by atoms with Crippen LogP contribution in [0.1, 0.15) is 56.1 Å². The number of sulfone groups is 1. The van der Waals surface area contributed by atoms with Crippen molar-refractivity contribution in [1.82, 2.24) is 0 Å². The van der Waals surface area contributed by atoms with E-state index in [4.69, 9.17) is 0 Å². The Kier molecular flexibility index (Phi) is 4.58. The van der Waals surface area contributed by atoms with E-state index in [1.54, 1.807) is 18.2 Å². The molecule has 4 nitrogen and oxygen atoms in total. The van der Waals surface area contributed by atoms with Gasteiger partial charge in [0.2, 0.25) is 9.84 Å². The number of fused-ring (bicyclic) bond motifs is 1. The molecule has 0 N–H and O–H groups in total. The summed E-state index contributed by atoms with van der Waals surface area (Å²) in [6.45, 7) is 6.75. The third-order valence-electron chi connectivity index (χ3n) is 4.70. The lowest BCUT2D eigenvalue weighted by molar-refractivity contribution is 0.101. The Bertz CT molecular complexity index is 1300. The molecule has 0 amide bonds. The van der Waals surface area contributed by atoms with Crippen LogP contribution in [0.2, 0.25) is 0 Å². The average Bonchev–Trinajstić information content (AvgIpc) is 3.33. The summed E-state index contributed by atoms with van der Waals surface area (Å²) in [6, 6.07) is 7.05. The van der Waals surface area contributed by atoms with E-state index >= 15 is 0 Å². The van der Waals surface area contributed by atoms with E-state index in [1.807, 2.05) is 19.9 Å². The van der Waals surface area contributed by atoms with E-state index in [0.29, 0.717) is 23.7 Å². The van der Waals surface area contributed by atoms with Gasteiger partial charge in [0.25, 0.3) is 0 Å². The number of carbonyl (C=O) groups excluding carboxylic acids is 2. The molecule has 4 rings (SSSR count). The average molecular weight is 449 g/mol. The number of hydrogen-bond donors (Lipinski definition) is 0. The second-order valence-electron chi connectivity index (χ2n) is 6.62. The Morgan fingerprint density at radius 2 is 1.36 bits per heavy atom. The zero-order chi connectivity index (χ0) is 20.4. The smallest absolute Gasteiger partial charge is 0.218 e. The van der Waals surface area contributed by atoms with Gasteiger partial charge in [0.15, 0.2) is 11.6 Å². The molecule has 0 radical (unpaired) electrons. The molecule has 4 heterocycles. The number of ketones is 2. The van der Waals surface area contributed by atoms with Gasteiger partial charge >= 0.3 is 0 Å². The molecule has 0 unspecified atom stereocenters. The predicted molar refractivity (Wildman–Crippen MR) is 116 cm³/mol. The fourth-order valence-corrected chi connectivity index (χ4v) is 9.42. The van der Waals surface area contributed by atoms with Crippen LogP contribution in [0.4, 0.5) is 0 Å². The van der Waals surface area contributed by atoms with Crippen LogP contribution in [-0.4, -0.2) is 20.0 Å². The van der Waals surface area contributed by atoms with Gasteiger partial charge in [0.1, 0.15) is 4.21 Å². The van der Waals surface area contributed by atoms with Crippen LogP contribution in [0.3, 0.4) is 0 Å². The minimum absolute atomic E-state index is 0.00274. The maximum absolute atomic E-state index is 13.3. The number of rotatable bonds is 4. The van der Waals surface area contributed by atoms with Crippen molar-refractivity contribution in [3.8, 4) is 9.75 Å². The molecule has 1 aliphatic rings. The Hall–Kier alpha value is -1.87. The zero-order valence-corrected chi connectivity index (χ0v) is 18.8. The second-order valence-corrected chi connectivity index (χ2v) is 11.9. The first kappa shape index (κ1) is 19.4. The normalized spacial score (nSPS) is 15.1. The van der Waals surface area contributed by atoms with Crippen molar-refractivity contribution in [2.24, 2.45) is 0 Å². The minimum atomic E-state index is -3.65. The number of Topliss-reactive ketones (excluding diaryl/α,β-unsaturated/α-hetero) is 2. The van der Waals surface area contributed by atoms with Crippen LogP contribution in [0, 0.1) is 6.92 Å². The highest BCUT2D eigenvalue weighted by atomic mass is 32.2. The number of carbonyl (C=O) groups is 2. The summed E-state index contributed by atoms with van der Waals surface area (Å²) in [7, 11) is -3.65.